The van der Waals surface area contributed by atoms with Crippen LogP contribution in [-0.2, 0) is 18.8 Å². The molecule has 2 aromatic heterocycles. The van der Waals surface area contributed by atoms with Crippen LogP contribution in [0.15, 0.2) is 108 Å². The average molecular weight is 642 g/mol. The first-order chi connectivity index (χ1) is 17.5. The maximum atomic E-state index is 13.2. The Balaban J connectivity index is 1.63. The van der Waals surface area contributed by atoms with E-state index >= 15 is 0 Å². The van der Waals surface area contributed by atoms with Crippen molar-refractivity contribution in [1.82, 2.24) is 0 Å². The zero-order valence-electron chi connectivity index (χ0n) is 18.4. The van der Waals surface area contributed by atoms with Crippen molar-refractivity contribution >= 4 is 32.1 Å². The van der Waals surface area contributed by atoms with Crippen molar-refractivity contribution in [2.24, 2.45) is 0 Å². The quantitative estimate of drug-likeness (QED) is 0.213. The highest BCUT2D eigenvalue weighted by atomic mass is 127. The van der Waals surface area contributed by atoms with Crippen LogP contribution in [0, 0.1) is 7.14 Å². The third kappa shape index (κ3) is 5.31. The number of halogens is 4. The van der Waals surface area contributed by atoms with E-state index in [1.807, 2.05) is 0 Å². The average Bonchev–Trinajstić information content (AvgIpc) is 2.86. The first-order valence-electron chi connectivity index (χ1n) is 10.4. The molecule has 5 aromatic rings. The first-order valence-corrected chi connectivity index (χ1v) is 14.8. The minimum absolute atomic E-state index is 0.204. The predicted octanol–water partition coefficient (Wildman–Crippen LogP) is 1.90. The van der Waals surface area contributed by atoms with Crippen molar-refractivity contribution in [3.05, 3.63) is 118 Å². The maximum Gasteiger partial charge on any atom is 0.416 e. The van der Waals surface area contributed by atoms with Crippen LogP contribution in [0.4, 0.5) is 13.2 Å². The van der Waals surface area contributed by atoms with Crippen molar-refractivity contribution in [1.29, 1.82) is 0 Å². The van der Waals surface area contributed by atoms with Gasteiger partial charge in [0.15, 0.2) is 7.14 Å². The summed E-state index contributed by atoms with van der Waals surface area (Å²) in [6, 6.07) is 18.1. The van der Waals surface area contributed by atoms with Gasteiger partial charge in [0.1, 0.15) is 11.2 Å². The van der Waals surface area contributed by atoms with Gasteiger partial charge in [0.2, 0.25) is 0 Å². The van der Waals surface area contributed by atoms with Crippen molar-refractivity contribution in [3.8, 4) is 0 Å². The molecule has 0 aliphatic heterocycles. The molecule has 0 fully saturated rings. The molecule has 0 aliphatic carbocycles. The highest BCUT2D eigenvalue weighted by Crippen LogP contribution is 2.29. The number of hydrogen-bond acceptors (Lipinski definition) is 7. The molecule has 5 rings (SSSR count). The van der Waals surface area contributed by atoms with E-state index in [1.54, 1.807) is 36.4 Å². The van der Waals surface area contributed by atoms with Gasteiger partial charge in [0.05, 0.1) is 10.5 Å². The molecular formula is C25H14F3IO7S+. The molecule has 0 amide bonds. The van der Waals surface area contributed by atoms with Crippen molar-refractivity contribution in [2.75, 3.05) is 0 Å². The number of fused-ring (bicyclic) bond motifs is 2. The fraction of sp³-hybridized carbons (Fsp3) is 0.0400. The summed E-state index contributed by atoms with van der Waals surface area (Å²) in [6.07, 6.45) is -4.63. The monoisotopic (exact) mass is 642 g/mol. The van der Waals surface area contributed by atoms with Crippen LogP contribution < -0.4 is 31.5 Å². The van der Waals surface area contributed by atoms with E-state index in [0.29, 0.717) is 30.0 Å². The van der Waals surface area contributed by atoms with E-state index in [2.05, 4.69) is 0 Å². The standard InChI is InChI=1S/C25H14F3IO7S/c26-25(27,28)17-5-9-20(10-6-17)37(32,33)36-29(18-7-1-15-3-11-23(30)34-21(15)13-18)19-8-2-16-4-12-24(31)35-22(16)14-19/h1-14H/q+1. The second-order valence-corrected chi connectivity index (χ2v) is 14.2. The maximum absolute atomic E-state index is 13.2. The Morgan fingerprint density at radius 3 is 1.59 bits per heavy atom. The molecule has 3 aromatic carbocycles. The van der Waals surface area contributed by atoms with Gasteiger partial charge in [-0.05, 0) is 63.2 Å². The number of rotatable bonds is 5. The Morgan fingerprint density at radius 2 is 1.14 bits per heavy atom. The molecule has 1 radical (unpaired) electrons. The fourth-order valence-corrected chi connectivity index (χ4v) is 10.4. The summed E-state index contributed by atoms with van der Waals surface area (Å²) in [5.74, 6) is 0. The molecule has 0 spiro atoms. The van der Waals surface area contributed by atoms with Crippen LogP contribution in [0.5, 0.6) is 0 Å². The minimum atomic E-state index is -4.63. The molecule has 7 nitrogen and oxygen atoms in total. The van der Waals surface area contributed by atoms with Gasteiger partial charge in [0.25, 0.3) is 0 Å². The van der Waals surface area contributed by atoms with Crippen LogP contribution in [-0.4, -0.2) is 8.42 Å². The summed E-state index contributed by atoms with van der Waals surface area (Å²) in [5, 5.41) is 1.18. The molecule has 2 heterocycles. The third-order valence-corrected chi connectivity index (χ3v) is 12.4. The molecule has 0 N–H and O–H groups in total. The largest absolute Gasteiger partial charge is 0.423 e. The Kier molecular flexibility index (Phi) is 6.41. The number of hydrogen-bond donors (Lipinski definition) is 0. The van der Waals surface area contributed by atoms with E-state index < -0.39 is 58.2 Å². The predicted molar refractivity (Wildman–Crippen MR) is 122 cm³/mol. The molecule has 0 unspecified atom stereocenters. The van der Waals surface area contributed by atoms with Gasteiger partial charge in [-0.15, -0.1) is 0 Å². The molecule has 189 valence electrons. The molecule has 0 atom stereocenters. The molecule has 0 aliphatic rings. The Bertz CT molecular complexity index is 1770. The highest BCUT2D eigenvalue weighted by Gasteiger charge is 2.39. The van der Waals surface area contributed by atoms with E-state index in [1.165, 1.54) is 24.3 Å². The number of benzene rings is 3. The lowest BCUT2D eigenvalue weighted by Crippen LogP contribution is -3.85. The molecular weight excluding hydrogens is 628 g/mol. The van der Waals surface area contributed by atoms with E-state index in [-0.39, 0.29) is 11.2 Å². The van der Waals surface area contributed by atoms with Gasteiger partial charge < -0.3 is 8.83 Å². The SMILES string of the molecule is O=c1ccc2ccc([I+](OS(=O)(=O)c3ccc(C(F)(F)F)cc3)c3ccc4ccc(=O)oc4c3)cc2o1. The lowest BCUT2D eigenvalue weighted by atomic mass is 10.2. The van der Waals surface area contributed by atoms with Gasteiger partial charge in [-0.3, -0.25) is 0 Å². The normalized spacial score (nSPS) is 12.4. The zero-order valence-corrected chi connectivity index (χ0v) is 21.3. The summed E-state index contributed by atoms with van der Waals surface area (Å²) >= 11 is -3.41. The van der Waals surface area contributed by atoms with Crippen LogP contribution in [0.25, 0.3) is 21.9 Å². The Hall–Kier alpha value is -3.49. The van der Waals surface area contributed by atoms with Gasteiger partial charge >= 0.3 is 47.8 Å². The van der Waals surface area contributed by atoms with E-state index in [9.17, 15) is 31.2 Å². The minimum Gasteiger partial charge on any atom is -0.423 e. The summed E-state index contributed by atoms with van der Waals surface area (Å²) < 4.78 is 82.2. The Labute approximate surface area is 214 Å². The fourth-order valence-electron chi connectivity index (χ4n) is 3.41. The van der Waals surface area contributed by atoms with Crippen LogP contribution >= 0.6 is 0 Å². The van der Waals surface area contributed by atoms with Crippen LogP contribution in [0.3, 0.4) is 0 Å². The number of alkyl halides is 3. The highest BCUT2D eigenvalue weighted by molar-refractivity contribution is 7.86. The zero-order chi connectivity index (χ0) is 26.4. The first kappa shape index (κ1) is 25.2. The summed E-state index contributed by atoms with van der Waals surface area (Å²) in [6.45, 7) is 0. The van der Waals surface area contributed by atoms with Crippen molar-refractivity contribution in [3.63, 3.8) is 0 Å². The smallest absolute Gasteiger partial charge is 0.416 e. The van der Waals surface area contributed by atoms with Gasteiger partial charge in [-0.25, -0.2) is 9.59 Å². The van der Waals surface area contributed by atoms with Crippen molar-refractivity contribution in [2.45, 2.75) is 11.1 Å². The van der Waals surface area contributed by atoms with Crippen molar-refractivity contribution < 1.29 is 53.2 Å². The van der Waals surface area contributed by atoms with E-state index in [4.69, 9.17) is 11.3 Å². The molecule has 0 saturated carbocycles. The third-order valence-electron chi connectivity index (χ3n) is 5.18. The van der Waals surface area contributed by atoms with Gasteiger partial charge in [0, 0.05) is 35.0 Å². The lowest BCUT2D eigenvalue weighted by Gasteiger charge is -2.09. The second kappa shape index (κ2) is 9.43. The van der Waals surface area contributed by atoms with Crippen LogP contribution in [0.2, 0.25) is 0 Å². The molecule has 12 heteroatoms. The summed E-state index contributed by atoms with van der Waals surface area (Å²) in [4.78, 5) is 23.0. The van der Waals surface area contributed by atoms with Crippen LogP contribution in [0.1, 0.15) is 5.56 Å². The topological polar surface area (TPSA) is 104 Å². The Morgan fingerprint density at radius 1 is 0.676 bits per heavy atom. The van der Waals surface area contributed by atoms with E-state index in [0.717, 1.165) is 12.1 Å². The second-order valence-electron chi connectivity index (χ2n) is 7.66. The lowest BCUT2D eigenvalue weighted by molar-refractivity contribution is -1.03. The summed E-state index contributed by atoms with van der Waals surface area (Å²) in [7, 11) is -4.52. The molecule has 0 bridgehead atoms. The molecule has 37 heavy (non-hydrogen) atoms. The van der Waals surface area contributed by atoms with Gasteiger partial charge in [-0.1, -0.05) is 0 Å². The van der Waals surface area contributed by atoms with Gasteiger partial charge in [-0.2, -0.15) is 21.6 Å². The summed E-state index contributed by atoms with van der Waals surface area (Å²) in [5.41, 5.74) is -1.80. The molecule has 0 saturated heterocycles.